The maximum Gasteiger partial charge on any atom is 0.174 e. The summed E-state index contributed by atoms with van der Waals surface area (Å²) in [6.45, 7) is 3.48. The highest BCUT2D eigenvalue weighted by atomic mass is 35.5. The van der Waals surface area contributed by atoms with E-state index in [1.807, 2.05) is 12.1 Å². The molecule has 0 bridgehead atoms. The fourth-order valence-corrected chi connectivity index (χ4v) is 2.97. The van der Waals surface area contributed by atoms with E-state index in [1.54, 1.807) is 31.5 Å². The van der Waals surface area contributed by atoms with Gasteiger partial charge in [0, 0.05) is 30.4 Å². The molecule has 0 aliphatic carbocycles. The topological polar surface area (TPSA) is 34.1 Å². The Bertz CT molecular complexity index is 645. The molecule has 1 fully saturated rings. The van der Waals surface area contributed by atoms with E-state index in [-0.39, 0.29) is 17.8 Å². The summed E-state index contributed by atoms with van der Waals surface area (Å²) in [7, 11) is 0. The second-order valence-corrected chi connectivity index (χ2v) is 5.99. The molecular formula is C17H18ClFN2O. The van der Waals surface area contributed by atoms with Crippen molar-refractivity contribution in [1.82, 2.24) is 10.3 Å². The Morgan fingerprint density at radius 1 is 1.41 bits per heavy atom. The maximum atomic E-state index is 14.4. The Morgan fingerprint density at radius 3 is 2.95 bits per heavy atom. The largest absolute Gasteiger partial charge is 0.481 e. The van der Waals surface area contributed by atoms with Crippen LogP contribution in [0.4, 0.5) is 4.39 Å². The monoisotopic (exact) mass is 320 g/mol. The molecule has 2 atom stereocenters. The number of hydrogen-bond acceptors (Lipinski definition) is 3. The number of rotatable bonds is 4. The standard InChI is InChI=1S/C17H18ClFN2O/c1-11-4-5-14(18)17(15(11)19)22-16(13-6-8-21-10-13)12-3-2-7-20-9-12/h2-5,7,9,13,16,21H,6,8,10H2,1H3. The fraction of sp³-hybridized carbons (Fsp3) is 0.353. The lowest BCUT2D eigenvalue weighted by molar-refractivity contribution is 0.138. The number of aromatic nitrogens is 1. The molecule has 0 saturated carbocycles. The van der Waals surface area contributed by atoms with Gasteiger partial charge in [-0.05, 0) is 37.6 Å². The van der Waals surface area contributed by atoms with Gasteiger partial charge < -0.3 is 10.1 Å². The van der Waals surface area contributed by atoms with Gasteiger partial charge in [0.25, 0.3) is 0 Å². The molecular weight excluding hydrogens is 303 g/mol. The summed E-state index contributed by atoms with van der Waals surface area (Å²) in [4.78, 5) is 4.15. The Morgan fingerprint density at radius 2 is 2.27 bits per heavy atom. The van der Waals surface area contributed by atoms with Crippen LogP contribution in [-0.4, -0.2) is 18.1 Å². The van der Waals surface area contributed by atoms with E-state index in [0.29, 0.717) is 10.6 Å². The number of benzene rings is 1. The average Bonchev–Trinajstić information content (AvgIpc) is 3.06. The van der Waals surface area contributed by atoms with Crippen molar-refractivity contribution in [3.63, 3.8) is 0 Å². The normalized spacial score (nSPS) is 19.1. The SMILES string of the molecule is Cc1ccc(Cl)c(OC(c2cccnc2)C2CCNC2)c1F. The van der Waals surface area contributed by atoms with E-state index in [0.717, 1.165) is 25.1 Å². The number of hydrogen-bond donors (Lipinski definition) is 1. The third kappa shape index (κ3) is 3.08. The minimum atomic E-state index is -0.396. The fourth-order valence-electron chi connectivity index (χ4n) is 2.78. The number of aryl methyl sites for hydroxylation is 1. The van der Waals surface area contributed by atoms with Crippen molar-refractivity contribution in [2.45, 2.75) is 19.4 Å². The molecule has 2 aromatic rings. The zero-order valence-corrected chi connectivity index (χ0v) is 13.1. The molecule has 2 heterocycles. The van der Waals surface area contributed by atoms with Gasteiger partial charge in [0.1, 0.15) is 6.10 Å². The highest BCUT2D eigenvalue weighted by Gasteiger charge is 2.29. The molecule has 5 heteroatoms. The van der Waals surface area contributed by atoms with Crippen LogP contribution in [-0.2, 0) is 0 Å². The third-order valence-electron chi connectivity index (χ3n) is 4.03. The molecule has 22 heavy (non-hydrogen) atoms. The van der Waals surface area contributed by atoms with Crippen molar-refractivity contribution < 1.29 is 9.13 Å². The molecule has 0 radical (unpaired) electrons. The number of nitrogens with zero attached hydrogens (tertiary/aromatic N) is 1. The van der Waals surface area contributed by atoms with E-state index in [1.165, 1.54) is 0 Å². The maximum absolute atomic E-state index is 14.4. The van der Waals surface area contributed by atoms with E-state index >= 15 is 0 Å². The van der Waals surface area contributed by atoms with E-state index < -0.39 is 5.82 Å². The molecule has 1 aromatic heterocycles. The van der Waals surface area contributed by atoms with Crippen LogP contribution in [0.2, 0.25) is 5.02 Å². The predicted octanol–water partition coefficient (Wildman–Crippen LogP) is 3.91. The van der Waals surface area contributed by atoms with Crippen LogP contribution in [0.15, 0.2) is 36.7 Å². The first-order chi connectivity index (χ1) is 10.7. The number of halogens is 2. The molecule has 3 rings (SSSR count). The summed E-state index contributed by atoms with van der Waals surface area (Å²) in [6.07, 6.45) is 4.19. The van der Waals surface area contributed by atoms with E-state index in [2.05, 4.69) is 10.3 Å². The second-order valence-electron chi connectivity index (χ2n) is 5.59. The van der Waals surface area contributed by atoms with Gasteiger partial charge in [0.15, 0.2) is 11.6 Å². The van der Waals surface area contributed by atoms with Gasteiger partial charge in [0.05, 0.1) is 5.02 Å². The molecule has 1 aromatic carbocycles. The predicted molar refractivity (Wildman–Crippen MR) is 84.7 cm³/mol. The first kappa shape index (κ1) is 15.3. The summed E-state index contributed by atoms with van der Waals surface area (Å²) >= 11 is 6.14. The summed E-state index contributed by atoms with van der Waals surface area (Å²) in [5.41, 5.74) is 1.46. The zero-order chi connectivity index (χ0) is 15.5. The van der Waals surface area contributed by atoms with Crippen molar-refractivity contribution >= 4 is 11.6 Å². The molecule has 3 nitrogen and oxygen atoms in total. The van der Waals surface area contributed by atoms with Crippen LogP contribution in [0.3, 0.4) is 0 Å². The summed E-state index contributed by atoms with van der Waals surface area (Å²) in [6, 6.07) is 7.14. The molecule has 0 spiro atoms. The molecule has 1 aliphatic rings. The van der Waals surface area contributed by atoms with E-state index in [4.69, 9.17) is 16.3 Å². The van der Waals surface area contributed by atoms with Gasteiger partial charge in [-0.2, -0.15) is 0 Å². The van der Waals surface area contributed by atoms with Crippen LogP contribution in [0.25, 0.3) is 0 Å². The lowest BCUT2D eigenvalue weighted by atomic mass is 9.96. The molecule has 0 amide bonds. The third-order valence-corrected chi connectivity index (χ3v) is 4.32. The summed E-state index contributed by atoms with van der Waals surface area (Å²) < 4.78 is 20.4. The van der Waals surface area contributed by atoms with Gasteiger partial charge in [-0.15, -0.1) is 0 Å². The lowest BCUT2D eigenvalue weighted by Gasteiger charge is -2.25. The van der Waals surface area contributed by atoms with Crippen molar-refractivity contribution in [2.75, 3.05) is 13.1 Å². The van der Waals surface area contributed by atoms with Crippen molar-refractivity contribution in [3.8, 4) is 5.75 Å². The van der Waals surface area contributed by atoms with Gasteiger partial charge in [-0.3, -0.25) is 4.98 Å². The minimum absolute atomic E-state index is 0.127. The Labute approximate surface area is 134 Å². The molecule has 116 valence electrons. The van der Waals surface area contributed by atoms with Crippen molar-refractivity contribution in [3.05, 3.63) is 58.6 Å². The first-order valence-corrected chi connectivity index (χ1v) is 7.76. The number of nitrogens with one attached hydrogen (secondary N) is 1. The van der Waals surface area contributed by atoms with Crippen LogP contribution >= 0.6 is 11.6 Å². The lowest BCUT2D eigenvalue weighted by Crippen LogP contribution is -2.22. The summed E-state index contributed by atoms with van der Waals surface area (Å²) in [5.74, 6) is -0.00468. The zero-order valence-electron chi connectivity index (χ0n) is 12.4. The van der Waals surface area contributed by atoms with Gasteiger partial charge in [-0.1, -0.05) is 23.7 Å². The number of pyridine rings is 1. The smallest absolute Gasteiger partial charge is 0.174 e. The first-order valence-electron chi connectivity index (χ1n) is 7.38. The summed E-state index contributed by atoms with van der Waals surface area (Å²) in [5, 5.41) is 3.62. The Balaban J connectivity index is 1.95. The average molecular weight is 321 g/mol. The van der Waals surface area contributed by atoms with Crippen molar-refractivity contribution in [2.24, 2.45) is 5.92 Å². The highest BCUT2D eigenvalue weighted by molar-refractivity contribution is 6.32. The van der Waals surface area contributed by atoms with Crippen molar-refractivity contribution in [1.29, 1.82) is 0 Å². The van der Waals surface area contributed by atoms with Crippen LogP contribution in [0.1, 0.15) is 23.7 Å². The van der Waals surface area contributed by atoms with Crippen LogP contribution < -0.4 is 10.1 Å². The highest BCUT2D eigenvalue weighted by Crippen LogP contribution is 2.37. The second kappa shape index (κ2) is 6.63. The van der Waals surface area contributed by atoms with Gasteiger partial charge in [0.2, 0.25) is 0 Å². The van der Waals surface area contributed by atoms with Crippen LogP contribution in [0.5, 0.6) is 5.75 Å². The van der Waals surface area contributed by atoms with Gasteiger partial charge in [-0.25, -0.2) is 4.39 Å². The van der Waals surface area contributed by atoms with E-state index in [9.17, 15) is 4.39 Å². The van der Waals surface area contributed by atoms with Crippen LogP contribution in [0, 0.1) is 18.7 Å². The quantitative estimate of drug-likeness (QED) is 0.927. The molecule has 1 saturated heterocycles. The van der Waals surface area contributed by atoms with Gasteiger partial charge >= 0.3 is 0 Å². The number of ether oxygens (including phenoxy) is 1. The molecule has 1 N–H and O–H groups in total. The molecule has 1 aliphatic heterocycles. The Kier molecular flexibility index (Phi) is 4.60. The Hall–Kier alpha value is -1.65. The molecule has 2 unspecified atom stereocenters. The minimum Gasteiger partial charge on any atom is -0.481 e.